The fourth-order valence-electron chi connectivity index (χ4n) is 3.54. The Hall–Kier alpha value is -3.23. The molecule has 3 aromatic carbocycles. The van der Waals surface area contributed by atoms with Crippen LogP contribution in [0.4, 0.5) is 20.2 Å². The highest BCUT2D eigenvalue weighted by molar-refractivity contribution is 7.90. The summed E-state index contributed by atoms with van der Waals surface area (Å²) in [6.07, 6.45) is 1.55. The Morgan fingerprint density at radius 1 is 0.968 bits per heavy atom. The van der Waals surface area contributed by atoms with Gasteiger partial charge in [0, 0.05) is 29.5 Å². The molecular weight excluding hydrogens is 420 g/mol. The molecule has 0 bridgehead atoms. The summed E-state index contributed by atoms with van der Waals surface area (Å²) in [4.78, 5) is -0.131. The molecule has 4 rings (SSSR count). The molecule has 0 aliphatic carbocycles. The van der Waals surface area contributed by atoms with Gasteiger partial charge in [-0.3, -0.25) is 0 Å². The second kappa shape index (κ2) is 8.13. The van der Waals surface area contributed by atoms with Gasteiger partial charge in [0.05, 0.1) is 10.4 Å². The largest absolute Gasteiger partial charge is 0.355 e. The second-order valence-corrected chi connectivity index (χ2v) is 9.07. The summed E-state index contributed by atoms with van der Waals surface area (Å²) in [5, 5.41) is 7.01. The van der Waals surface area contributed by atoms with Gasteiger partial charge in [0.15, 0.2) is 0 Å². The number of halogens is 2. The minimum Gasteiger partial charge on any atom is -0.355 e. The van der Waals surface area contributed by atoms with Crippen molar-refractivity contribution < 1.29 is 17.2 Å². The molecule has 0 aliphatic heterocycles. The SMILES string of the molecule is CNCc1cn(S(=O)(=O)c2cccc(F)c2)c2cc(Nc3ccc(F)cc3C)ccc12. The number of rotatable bonds is 6. The predicted molar refractivity (Wildman–Crippen MR) is 118 cm³/mol. The van der Waals surface area contributed by atoms with Gasteiger partial charge in [-0.05, 0) is 73.6 Å². The number of anilines is 2. The van der Waals surface area contributed by atoms with E-state index in [0.29, 0.717) is 23.4 Å². The van der Waals surface area contributed by atoms with Gasteiger partial charge in [-0.2, -0.15) is 0 Å². The lowest BCUT2D eigenvalue weighted by molar-refractivity contribution is 0.584. The van der Waals surface area contributed by atoms with Crippen LogP contribution in [-0.2, 0) is 16.6 Å². The van der Waals surface area contributed by atoms with Crippen LogP contribution < -0.4 is 10.6 Å². The topological polar surface area (TPSA) is 63.1 Å². The van der Waals surface area contributed by atoms with Crippen LogP contribution >= 0.6 is 0 Å². The van der Waals surface area contributed by atoms with Crippen molar-refractivity contribution >= 4 is 32.3 Å². The normalized spacial score (nSPS) is 11.7. The highest BCUT2D eigenvalue weighted by Crippen LogP contribution is 2.30. The van der Waals surface area contributed by atoms with Gasteiger partial charge >= 0.3 is 0 Å². The molecule has 0 fully saturated rings. The van der Waals surface area contributed by atoms with E-state index in [2.05, 4.69) is 10.6 Å². The molecule has 0 aliphatic rings. The third-order valence-electron chi connectivity index (χ3n) is 5.04. The van der Waals surface area contributed by atoms with Crippen molar-refractivity contribution in [3.05, 3.63) is 89.6 Å². The molecule has 0 spiro atoms. The Morgan fingerprint density at radius 2 is 1.74 bits per heavy atom. The summed E-state index contributed by atoms with van der Waals surface area (Å²) in [7, 11) is -2.24. The van der Waals surface area contributed by atoms with Gasteiger partial charge in [-0.25, -0.2) is 21.2 Å². The number of hydrogen-bond donors (Lipinski definition) is 2. The Morgan fingerprint density at radius 3 is 2.45 bits per heavy atom. The first-order valence-electron chi connectivity index (χ1n) is 9.62. The molecule has 4 aromatic rings. The van der Waals surface area contributed by atoms with E-state index in [-0.39, 0.29) is 10.7 Å². The summed E-state index contributed by atoms with van der Waals surface area (Å²) in [6.45, 7) is 2.25. The minimum atomic E-state index is -4.02. The standard InChI is InChI=1S/C23H21F2N3O2S/c1-15-10-18(25)6-9-22(15)27-19-7-8-21-16(13-26-2)14-28(23(21)12-19)31(29,30)20-5-3-4-17(24)11-20/h3-12,14,26-27H,13H2,1-2H3. The van der Waals surface area contributed by atoms with Crippen LogP contribution in [0.2, 0.25) is 0 Å². The lowest BCUT2D eigenvalue weighted by Gasteiger charge is -2.12. The van der Waals surface area contributed by atoms with Crippen LogP contribution in [-0.4, -0.2) is 19.4 Å². The van der Waals surface area contributed by atoms with Gasteiger partial charge in [0.25, 0.3) is 10.0 Å². The van der Waals surface area contributed by atoms with E-state index in [1.165, 1.54) is 34.3 Å². The predicted octanol–water partition coefficient (Wildman–Crippen LogP) is 4.93. The number of benzene rings is 3. The molecule has 0 saturated carbocycles. The third-order valence-corrected chi connectivity index (χ3v) is 6.71. The van der Waals surface area contributed by atoms with Gasteiger partial charge in [0.1, 0.15) is 11.6 Å². The average molecular weight is 442 g/mol. The molecule has 2 N–H and O–H groups in total. The molecule has 0 unspecified atom stereocenters. The van der Waals surface area contributed by atoms with Crippen LogP contribution in [0.3, 0.4) is 0 Å². The minimum absolute atomic E-state index is 0.131. The maximum absolute atomic E-state index is 13.7. The zero-order valence-electron chi connectivity index (χ0n) is 17.0. The fourth-order valence-corrected chi connectivity index (χ4v) is 4.95. The van der Waals surface area contributed by atoms with Crippen LogP contribution in [0.15, 0.2) is 71.8 Å². The Labute approximate surface area is 179 Å². The van der Waals surface area contributed by atoms with Crippen molar-refractivity contribution in [2.75, 3.05) is 12.4 Å². The first-order chi connectivity index (χ1) is 14.8. The maximum atomic E-state index is 13.7. The zero-order chi connectivity index (χ0) is 22.2. The van der Waals surface area contributed by atoms with Gasteiger partial charge in [0.2, 0.25) is 0 Å². The molecule has 0 amide bonds. The lowest BCUT2D eigenvalue weighted by atomic mass is 10.1. The molecule has 0 radical (unpaired) electrons. The number of nitrogens with zero attached hydrogens (tertiary/aromatic N) is 1. The van der Waals surface area contributed by atoms with Crippen molar-refractivity contribution in [1.82, 2.24) is 9.29 Å². The summed E-state index contributed by atoms with van der Waals surface area (Å²) in [6, 6.07) is 14.7. The van der Waals surface area contributed by atoms with Gasteiger partial charge in [-0.15, -0.1) is 0 Å². The first-order valence-corrected chi connectivity index (χ1v) is 11.1. The van der Waals surface area contributed by atoms with E-state index in [9.17, 15) is 17.2 Å². The average Bonchev–Trinajstić information content (AvgIpc) is 3.09. The van der Waals surface area contributed by atoms with E-state index in [0.717, 1.165) is 22.6 Å². The molecule has 1 aromatic heterocycles. The third kappa shape index (κ3) is 4.04. The van der Waals surface area contributed by atoms with E-state index in [1.54, 1.807) is 32.3 Å². The molecule has 0 atom stereocenters. The van der Waals surface area contributed by atoms with E-state index >= 15 is 0 Å². The fraction of sp³-hybridized carbons (Fsp3) is 0.130. The van der Waals surface area contributed by atoms with Gasteiger partial charge < -0.3 is 10.6 Å². The first kappa shape index (κ1) is 21.0. The van der Waals surface area contributed by atoms with E-state index < -0.39 is 15.8 Å². The molecule has 1 heterocycles. The summed E-state index contributed by atoms with van der Waals surface area (Å²) < 4.78 is 54.9. The zero-order valence-corrected chi connectivity index (χ0v) is 17.8. The van der Waals surface area contributed by atoms with Gasteiger partial charge in [-0.1, -0.05) is 12.1 Å². The monoisotopic (exact) mass is 441 g/mol. The van der Waals surface area contributed by atoms with Crippen molar-refractivity contribution in [2.45, 2.75) is 18.4 Å². The van der Waals surface area contributed by atoms with Crippen LogP contribution in [0, 0.1) is 18.6 Å². The molecule has 160 valence electrons. The summed E-state index contributed by atoms with van der Waals surface area (Å²) in [5.74, 6) is -0.951. The number of nitrogens with one attached hydrogen (secondary N) is 2. The lowest BCUT2D eigenvalue weighted by Crippen LogP contribution is -2.12. The number of aryl methyl sites for hydroxylation is 1. The Kier molecular flexibility index (Phi) is 5.51. The second-order valence-electron chi connectivity index (χ2n) is 7.26. The molecule has 8 heteroatoms. The summed E-state index contributed by atoms with van der Waals surface area (Å²) in [5.41, 5.74) is 3.33. The molecular formula is C23H21F2N3O2S. The smallest absolute Gasteiger partial charge is 0.268 e. The number of aromatic nitrogens is 1. The molecule has 31 heavy (non-hydrogen) atoms. The highest BCUT2D eigenvalue weighted by atomic mass is 32.2. The van der Waals surface area contributed by atoms with E-state index in [1.807, 2.05) is 12.1 Å². The highest BCUT2D eigenvalue weighted by Gasteiger charge is 2.22. The van der Waals surface area contributed by atoms with Crippen LogP contribution in [0.1, 0.15) is 11.1 Å². The van der Waals surface area contributed by atoms with Crippen molar-refractivity contribution in [3.8, 4) is 0 Å². The maximum Gasteiger partial charge on any atom is 0.268 e. The quantitative estimate of drug-likeness (QED) is 0.446. The number of hydrogen-bond acceptors (Lipinski definition) is 4. The Balaban J connectivity index is 1.85. The molecule has 0 saturated heterocycles. The van der Waals surface area contributed by atoms with Crippen LogP contribution in [0.5, 0.6) is 0 Å². The summed E-state index contributed by atoms with van der Waals surface area (Å²) >= 11 is 0. The van der Waals surface area contributed by atoms with Crippen LogP contribution in [0.25, 0.3) is 10.9 Å². The molecule has 5 nitrogen and oxygen atoms in total. The van der Waals surface area contributed by atoms with E-state index in [4.69, 9.17) is 0 Å². The Bertz CT molecular complexity index is 1380. The van der Waals surface area contributed by atoms with Crippen molar-refractivity contribution in [2.24, 2.45) is 0 Å². The number of fused-ring (bicyclic) bond motifs is 1. The van der Waals surface area contributed by atoms with Crippen molar-refractivity contribution in [3.63, 3.8) is 0 Å². The van der Waals surface area contributed by atoms with Crippen molar-refractivity contribution in [1.29, 1.82) is 0 Å².